The van der Waals surface area contributed by atoms with Crippen LogP contribution in [0.4, 0.5) is 0 Å². The van der Waals surface area contributed by atoms with Gasteiger partial charge in [-0.2, -0.15) is 11.8 Å². The largest absolute Gasteiger partial charge is 0.229 e. The van der Waals surface area contributed by atoms with Crippen LogP contribution in [0.15, 0.2) is 12.1 Å². The van der Waals surface area contributed by atoms with Crippen molar-refractivity contribution < 1.29 is 8.42 Å². The first-order valence-electron chi connectivity index (χ1n) is 4.45. The average molecular weight is 300 g/mol. The molecule has 90 valence electrons. The molecule has 7 heteroatoms. The van der Waals surface area contributed by atoms with Gasteiger partial charge in [-0.1, -0.05) is 29.3 Å². The van der Waals surface area contributed by atoms with E-state index in [1.807, 2.05) is 0 Å². The molecule has 0 N–H and O–H groups in total. The number of hydrogen-bond acceptors (Lipinski definition) is 4. The van der Waals surface area contributed by atoms with Crippen LogP contribution in [-0.2, 0) is 15.6 Å². The molecule has 0 saturated carbocycles. The molecule has 0 fully saturated rings. The van der Waals surface area contributed by atoms with E-state index in [1.165, 1.54) is 18.0 Å². The maximum absolute atomic E-state index is 10.9. The fourth-order valence-corrected chi connectivity index (χ4v) is 3.71. The van der Waals surface area contributed by atoms with Gasteiger partial charge in [0.15, 0.2) is 0 Å². The van der Waals surface area contributed by atoms with Crippen LogP contribution < -0.4 is 0 Å². The first-order chi connectivity index (χ1) is 7.38. The van der Waals surface area contributed by atoms with Crippen molar-refractivity contribution in [2.75, 3.05) is 17.8 Å². The highest BCUT2D eigenvalue weighted by atomic mass is 35.5. The lowest BCUT2D eigenvalue weighted by Crippen LogP contribution is -2.05. The topological polar surface area (TPSA) is 47.0 Å². The highest BCUT2D eigenvalue weighted by Crippen LogP contribution is 2.21. The van der Waals surface area contributed by atoms with Crippen LogP contribution in [0.25, 0.3) is 0 Å². The molecule has 0 atom stereocenters. The van der Waals surface area contributed by atoms with E-state index in [4.69, 9.17) is 23.2 Å². The number of halogens is 2. The van der Waals surface area contributed by atoms with E-state index in [2.05, 4.69) is 4.98 Å². The standard InChI is InChI=1S/C9H11Cl2NO2S2/c1-16(13,14)5-4-15-6-7-2-3-8(10)12-9(7)11/h2-3H,4-6H2,1H3. The Labute approximate surface area is 109 Å². The Morgan fingerprint density at radius 2 is 2.06 bits per heavy atom. The lowest BCUT2D eigenvalue weighted by molar-refractivity contribution is 0.603. The molecule has 0 amide bonds. The second-order valence-electron chi connectivity index (χ2n) is 3.27. The van der Waals surface area contributed by atoms with E-state index in [1.54, 1.807) is 12.1 Å². The monoisotopic (exact) mass is 299 g/mol. The average Bonchev–Trinajstić information content (AvgIpc) is 2.13. The highest BCUT2D eigenvalue weighted by molar-refractivity contribution is 7.99. The van der Waals surface area contributed by atoms with Gasteiger partial charge in [0.05, 0.1) is 5.75 Å². The molecule has 0 saturated heterocycles. The summed E-state index contributed by atoms with van der Waals surface area (Å²) in [5.41, 5.74) is 0.865. The summed E-state index contributed by atoms with van der Waals surface area (Å²) >= 11 is 13.0. The minimum absolute atomic E-state index is 0.177. The van der Waals surface area contributed by atoms with E-state index in [0.29, 0.717) is 21.8 Å². The smallest absolute Gasteiger partial charge is 0.148 e. The molecule has 0 aliphatic heterocycles. The van der Waals surface area contributed by atoms with Gasteiger partial charge < -0.3 is 0 Å². The zero-order valence-corrected chi connectivity index (χ0v) is 11.8. The van der Waals surface area contributed by atoms with Crippen LogP contribution in [0.5, 0.6) is 0 Å². The Hall–Kier alpha value is 0.0300. The maximum Gasteiger partial charge on any atom is 0.148 e. The quantitative estimate of drug-likeness (QED) is 0.619. The Morgan fingerprint density at radius 1 is 1.38 bits per heavy atom. The number of aromatic nitrogens is 1. The molecule has 0 radical (unpaired) electrons. The third-order valence-corrected chi connectivity index (χ3v) is 4.50. The fourth-order valence-electron chi connectivity index (χ4n) is 0.941. The van der Waals surface area contributed by atoms with E-state index >= 15 is 0 Å². The van der Waals surface area contributed by atoms with Gasteiger partial charge >= 0.3 is 0 Å². The predicted octanol–water partition coefficient (Wildman–Crippen LogP) is 2.67. The second-order valence-corrected chi connectivity index (χ2v) is 7.38. The van der Waals surface area contributed by atoms with Crippen LogP contribution in [-0.4, -0.2) is 31.2 Å². The van der Waals surface area contributed by atoms with Gasteiger partial charge in [-0.3, -0.25) is 0 Å². The zero-order chi connectivity index (χ0) is 12.2. The Morgan fingerprint density at radius 3 is 2.62 bits per heavy atom. The van der Waals surface area contributed by atoms with Gasteiger partial charge in [0.25, 0.3) is 0 Å². The van der Waals surface area contributed by atoms with Crippen LogP contribution >= 0.6 is 35.0 Å². The second kappa shape index (κ2) is 6.10. The number of rotatable bonds is 5. The number of sulfone groups is 1. The summed E-state index contributed by atoms with van der Waals surface area (Å²) in [5, 5.41) is 0.731. The third kappa shape index (κ3) is 5.39. The van der Waals surface area contributed by atoms with Gasteiger partial charge in [-0.25, -0.2) is 13.4 Å². The Kier molecular flexibility index (Phi) is 5.37. The molecule has 0 aliphatic carbocycles. The number of nitrogens with zero attached hydrogens (tertiary/aromatic N) is 1. The van der Waals surface area contributed by atoms with Gasteiger partial charge in [-0.05, 0) is 11.6 Å². The first kappa shape index (κ1) is 14.1. The first-order valence-corrected chi connectivity index (χ1v) is 8.42. The molecular formula is C9H11Cl2NO2S2. The number of thioether (sulfide) groups is 1. The molecule has 1 aromatic heterocycles. The summed E-state index contributed by atoms with van der Waals surface area (Å²) in [7, 11) is -2.89. The molecule has 0 aromatic carbocycles. The molecule has 1 heterocycles. The normalized spacial score (nSPS) is 11.7. The highest BCUT2D eigenvalue weighted by Gasteiger charge is 2.05. The lowest BCUT2D eigenvalue weighted by atomic mass is 10.3. The zero-order valence-electron chi connectivity index (χ0n) is 8.61. The van der Waals surface area contributed by atoms with E-state index in [9.17, 15) is 8.42 Å². The summed E-state index contributed by atoms with van der Waals surface area (Å²) in [6.07, 6.45) is 1.23. The van der Waals surface area contributed by atoms with Crippen LogP contribution in [0.3, 0.4) is 0 Å². The molecule has 0 bridgehead atoms. The van der Waals surface area contributed by atoms with Crippen molar-refractivity contribution in [3.8, 4) is 0 Å². The van der Waals surface area contributed by atoms with Gasteiger partial charge in [-0.15, -0.1) is 0 Å². The number of hydrogen-bond donors (Lipinski definition) is 0. The molecule has 3 nitrogen and oxygen atoms in total. The van der Waals surface area contributed by atoms with Crippen LogP contribution in [0.2, 0.25) is 10.3 Å². The Bertz CT molecular complexity index is 463. The van der Waals surface area contributed by atoms with E-state index < -0.39 is 9.84 Å². The van der Waals surface area contributed by atoms with Gasteiger partial charge in [0, 0.05) is 17.8 Å². The molecule has 0 aliphatic rings. The molecule has 0 unspecified atom stereocenters. The molecular weight excluding hydrogens is 289 g/mol. The van der Waals surface area contributed by atoms with Crippen molar-refractivity contribution in [3.05, 3.63) is 28.0 Å². The van der Waals surface area contributed by atoms with Crippen LogP contribution in [0, 0.1) is 0 Å². The van der Waals surface area contributed by atoms with Crippen molar-refractivity contribution in [3.63, 3.8) is 0 Å². The van der Waals surface area contributed by atoms with Crippen LogP contribution in [0.1, 0.15) is 5.56 Å². The lowest BCUT2D eigenvalue weighted by Gasteiger charge is -2.03. The molecule has 16 heavy (non-hydrogen) atoms. The van der Waals surface area contributed by atoms with E-state index in [0.717, 1.165) is 5.56 Å². The summed E-state index contributed by atoms with van der Waals surface area (Å²) in [6, 6.07) is 3.46. The predicted molar refractivity (Wildman–Crippen MR) is 70.1 cm³/mol. The summed E-state index contributed by atoms with van der Waals surface area (Å²) in [4.78, 5) is 3.90. The molecule has 1 aromatic rings. The molecule has 0 spiro atoms. The summed E-state index contributed by atoms with van der Waals surface area (Å²) < 4.78 is 21.8. The van der Waals surface area contributed by atoms with Crippen molar-refractivity contribution in [2.24, 2.45) is 0 Å². The van der Waals surface area contributed by atoms with Crippen molar-refractivity contribution in [1.82, 2.24) is 4.98 Å². The summed E-state index contributed by atoms with van der Waals surface area (Å²) in [5.74, 6) is 1.37. The minimum atomic E-state index is -2.89. The van der Waals surface area contributed by atoms with Crippen molar-refractivity contribution >= 4 is 44.8 Å². The molecule has 1 rings (SSSR count). The minimum Gasteiger partial charge on any atom is -0.229 e. The van der Waals surface area contributed by atoms with E-state index in [-0.39, 0.29) is 5.75 Å². The van der Waals surface area contributed by atoms with Gasteiger partial charge in [0.2, 0.25) is 0 Å². The maximum atomic E-state index is 10.9. The third-order valence-electron chi connectivity index (χ3n) is 1.75. The van der Waals surface area contributed by atoms with Crippen molar-refractivity contribution in [1.29, 1.82) is 0 Å². The number of pyridine rings is 1. The van der Waals surface area contributed by atoms with Crippen molar-refractivity contribution in [2.45, 2.75) is 5.75 Å². The van der Waals surface area contributed by atoms with Gasteiger partial charge in [0.1, 0.15) is 20.1 Å². The fraction of sp³-hybridized carbons (Fsp3) is 0.444. The Balaban J connectivity index is 2.43. The summed E-state index contributed by atoms with van der Waals surface area (Å²) in [6.45, 7) is 0. The SMILES string of the molecule is CS(=O)(=O)CCSCc1ccc(Cl)nc1Cl.